The van der Waals surface area contributed by atoms with E-state index in [-0.39, 0.29) is 21.7 Å². The zero-order valence-corrected chi connectivity index (χ0v) is 32.2. The molecule has 278 valence electrons. The number of rotatable bonds is 3. The summed E-state index contributed by atoms with van der Waals surface area (Å²) in [7, 11) is 0. The van der Waals surface area contributed by atoms with Crippen LogP contribution in [-0.4, -0.2) is 11.1 Å². The van der Waals surface area contributed by atoms with Crippen molar-refractivity contribution in [3.8, 4) is 23.7 Å². The average Bonchev–Trinajstić information content (AvgIpc) is 3.09. The van der Waals surface area contributed by atoms with Crippen LogP contribution in [0.3, 0.4) is 0 Å². The van der Waals surface area contributed by atoms with Gasteiger partial charge in [-0.05, 0) is 236 Å². The Kier molecular flexibility index (Phi) is 6.51. The van der Waals surface area contributed by atoms with E-state index in [0.29, 0.717) is 29.2 Å². The molecule has 53 heavy (non-hydrogen) atoms. The minimum atomic E-state index is -0.727. The highest BCUT2D eigenvalue weighted by Crippen LogP contribution is 2.67. The molecule has 1 N–H and O–H groups in total. The highest BCUT2D eigenvalue weighted by Gasteiger charge is 2.61. The van der Waals surface area contributed by atoms with Crippen LogP contribution < -0.4 is 0 Å². The minimum absolute atomic E-state index is 0.0208. The van der Waals surface area contributed by atoms with Crippen LogP contribution in [0, 0.1) is 117 Å². The van der Waals surface area contributed by atoms with E-state index in [1.165, 1.54) is 152 Å². The molecule has 17 rings (SSSR count). The summed E-state index contributed by atoms with van der Waals surface area (Å²) in [5.74, 6) is 27.1. The van der Waals surface area contributed by atoms with Crippen molar-refractivity contribution >= 4 is 5.97 Å². The van der Waals surface area contributed by atoms with E-state index < -0.39 is 5.97 Å². The van der Waals surface area contributed by atoms with Gasteiger partial charge in [-0.2, -0.15) is 0 Å². The van der Waals surface area contributed by atoms with Gasteiger partial charge in [0.25, 0.3) is 0 Å². The summed E-state index contributed by atoms with van der Waals surface area (Å²) in [6, 6.07) is 7.04. The largest absolute Gasteiger partial charge is 0.478 e. The molecule has 0 amide bonds. The molecule has 6 unspecified atom stereocenters. The number of hydrogen-bond donors (Lipinski definition) is 1. The first-order valence-electron chi connectivity index (χ1n) is 23.1. The molecule has 2 heteroatoms. The molecule has 0 aromatic heterocycles. The number of benzene rings is 1. The van der Waals surface area contributed by atoms with Gasteiger partial charge < -0.3 is 5.11 Å². The maximum atomic E-state index is 13.2. The summed E-state index contributed by atoms with van der Waals surface area (Å²) in [5.41, 5.74) is 3.94. The number of carboxylic acid groups (broad SMARTS) is 1. The maximum Gasteiger partial charge on any atom is 0.335 e. The van der Waals surface area contributed by atoms with Crippen molar-refractivity contribution in [3.63, 3.8) is 0 Å². The molecular weight excluding hydrogens is 645 g/mol. The minimum Gasteiger partial charge on any atom is -0.478 e. The Morgan fingerprint density at radius 1 is 0.453 bits per heavy atom. The second-order valence-corrected chi connectivity index (χ2v) is 23.5. The van der Waals surface area contributed by atoms with Crippen LogP contribution in [-0.2, 0) is 10.8 Å². The highest BCUT2D eigenvalue weighted by atomic mass is 16.4. The quantitative estimate of drug-likeness (QED) is 0.318. The fraction of sp³-hybridized carbons (Fsp3) is 0.784. The van der Waals surface area contributed by atoms with Gasteiger partial charge in [-0.25, -0.2) is 4.79 Å². The number of carbonyl (C=O) groups is 1. The van der Waals surface area contributed by atoms with Gasteiger partial charge in [-0.3, -0.25) is 0 Å². The molecule has 0 spiro atoms. The molecule has 16 bridgehead atoms. The zero-order chi connectivity index (χ0) is 34.9. The van der Waals surface area contributed by atoms with Gasteiger partial charge in [0.2, 0.25) is 0 Å². The summed E-state index contributed by atoms with van der Waals surface area (Å²) in [5, 5.41) is 10.9. The molecule has 0 aliphatic heterocycles. The molecule has 16 saturated carbocycles. The van der Waals surface area contributed by atoms with Crippen molar-refractivity contribution < 1.29 is 9.90 Å². The van der Waals surface area contributed by atoms with Crippen molar-refractivity contribution in [1.29, 1.82) is 0 Å². The predicted molar refractivity (Wildman–Crippen MR) is 208 cm³/mol. The lowest BCUT2D eigenvalue weighted by atomic mass is 9.42. The van der Waals surface area contributed by atoms with Crippen molar-refractivity contribution in [1.82, 2.24) is 0 Å². The van der Waals surface area contributed by atoms with E-state index >= 15 is 0 Å². The second kappa shape index (κ2) is 10.8. The molecule has 6 atom stereocenters. The van der Waals surface area contributed by atoms with E-state index in [1.807, 2.05) is 0 Å². The highest BCUT2D eigenvalue weighted by molar-refractivity contribution is 5.88. The number of carboxylic acids is 1. The monoisotopic (exact) mass is 706 g/mol. The maximum absolute atomic E-state index is 13.2. The smallest absolute Gasteiger partial charge is 0.335 e. The summed E-state index contributed by atoms with van der Waals surface area (Å²) in [6.45, 7) is 0. The first-order valence-corrected chi connectivity index (χ1v) is 23.1. The fourth-order valence-corrected chi connectivity index (χ4v) is 19.7. The first-order chi connectivity index (χ1) is 25.7. The Balaban J connectivity index is 0.924. The Labute approximate surface area is 319 Å². The van der Waals surface area contributed by atoms with E-state index in [2.05, 4.69) is 41.9 Å². The van der Waals surface area contributed by atoms with E-state index in [0.717, 1.165) is 59.2 Å². The zero-order valence-electron chi connectivity index (χ0n) is 32.2. The Bertz CT molecular complexity index is 1670. The lowest BCUT2D eigenvalue weighted by Gasteiger charge is -2.62. The van der Waals surface area contributed by atoms with Crippen LogP contribution in [0.2, 0.25) is 0 Å². The summed E-state index contributed by atoms with van der Waals surface area (Å²) in [4.78, 5) is 13.2. The van der Waals surface area contributed by atoms with Gasteiger partial charge in [0.15, 0.2) is 0 Å². The van der Waals surface area contributed by atoms with Crippen LogP contribution in [0.15, 0.2) is 18.2 Å². The molecule has 0 saturated heterocycles. The molecule has 16 fully saturated rings. The first kappa shape index (κ1) is 32.0. The SMILES string of the molecule is O=C(O)c1cc(C23CC4CC(CC(C4)C2C#CC24CC5CC(CC(C5)C2)C4)C3)cc(C23CC4CC(CC(C4)C2C#CC24CC5CC(CC(C5)C2)C4)C3)c1. The van der Waals surface area contributed by atoms with Gasteiger partial charge in [-0.1, -0.05) is 29.7 Å². The van der Waals surface area contributed by atoms with Crippen molar-refractivity contribution in [3.05, 3.63) is 34.9 Å². The number of hydrogen-bond acceptors (Lipinski definition) is 1. The van der Waals surface area contributed by atoms with Crippen LogP contribution in [0.5, 0.6) is 0 Å². The third-order valence-electron chi connectivity index (χ3n) is 20.0. The van der Waals surface area contributed by atoms with Crippen molar-refractivity contribution in [2.45, 2.75) is 152 Å². The summed E-state index contributed by atoms with van der Waals surface area (Å²) < 4.78 is 0. The third kappa shape index (κ3) is 4.69. The van der Waals surface area contributed by atoms with Crippen LogP contribution in [0.25, 0.3) is 0 Å². The topological polar surface area (TPSA) is 37.3 Å². The van der Waals surface area contributed by atoms with Crippen LogP contribution in [0.1, 0.15) is 163 Å². The molecule has 0 radical (unpaired) electrons. The molecule has 2 nitrogen and oxygen atoms in total. The van der Waals surface area contributed by atoms with Gasteiger partial charge in [0.05, 0.1) is 5.56 Å². The molecule has 1 aromatic rings. The van der Waals surface area contributed by atoms with Gasteiger partial charge in [0.1, 0.15) is 0 Å². The molecule has 0 heterocycles. The lowest BCUT2D eigenvalue weighted by molar-refractivity contribution is -0.0421. The molecule has 1 aromatic carbocycles. The Hall–Kier alpha value is -2.19. The van der Waals surface area contributed by atoms with Gasteiger partial charge in [-0.15, -0.1) is 0 Å². The Morgan fingerprint density at radius 3 is 1.06 bits per heavy atom. The average molecular weight is 707 g/mol. The van der Waals surface area contributed by atoms with Crippen molar-refractivity contribution in [2.24, 2.45) is 93.7 Å². The molecule has 16 aliphatic carbocycles. The van der Waals surface area contributed by atoms with Gasteiger partial charge >= 0.3 is 5.97 Å². The molecule has 16 aliphatic rings. The van der Waals surface area contributed by atoms with Gasteiger partial charge in [0, 0.05) is 33.5 Å². The van der Waals surface area contributed by atoms with E-state index in [9.17, 15) is 9.90 Å². The van der Waals surface area contributed by atoms with E-state index in [1.54, 1.807) is 0 Å². The second-order valence-electron chi connectivity index (χ2n) is 23.5. The standard InChI is InChI=1S/C51H62O2/c52-47(53)42-17-43(50-26-36-11-37(27-50)14-40(13-36)45(50)1-3-48-20-30-5-31(21-48)7-32(6-30)22-48)19-44(18-42)51-28-38-12-39(29-51)16-41(15-38)46(51)2-4-49-23-33-8-34(24-49)10-35(9-33)25-49/h17-19,30-41,45-46H,5-16,20-29H2,(H,52,53). The summed E-state index contributed by atoms with van der Waals surface area (Å²) in [6.07, 6.45) is 30.2. The lowest BCUT2D eigenvalue weighted by Crippen LogP contribution is -2.56. The van der Waals surface area contributed by atoms with E-state index in [4.69, 9.17) is 0 Å². The van der Waals surface area contributed by atoms with Crippen LogP contribution >= 0.6 is 0 Å². The third-order valence-corrected chi connectivity index (χ3v) is 20.0. The fourth-order valence-electron chi connectivity index (χ4n) is 19.7. The molecular formula is C51H62O2. The number of aromatic carboxylic acids is 1. The van der Waals surface area contributed by atoms with Crippen LogP contribution in [0.4, 0.5) is 0 Å². The Morgan fingerprint density at radius 2 is 0.755 bits per heavy atom. The summed E-state index contributed by atoms with van der Waals surface area (Å²) >= 11 is 0. The normalized spacial score (nSPS) is 55.2. The predicted octanol–water partition coefficient (Wildman–Crippen LogP) is 11.2. The van der Waals surface area contributed by atoms with Crippen molar-refractivity contribution in [2.75, 3.05) is 0 Å².